The number of nitrogens with zero attached hydrogens (tertiary/aromatic N) is 5. The van der Waals surface area contributed by atoms with Crippen molar-refractivity contribution in [2.45, 2.75) is 49.7 Å². The number of rotatable bonds is 12. The van der Waals surface area contributed by atoms with E-state index in [0.29, 0.717) is 0 Å². The SMILES string of the molecule is Nc1ccn([C@H]2C[C@@H](OP(=O)(O)OC[C@H]3O[C@@H](n4cnc5c(=O)[nH]c(N)nc54)C[C@H]3OP(=O)(O)O)[C@@H](COP(=O)(O)O)O2)c(=O)n1. The highest BCUT2D eigenvalue weighted by atomic mass is 31.2. The summed E-state index contributed by atoms with van der Waals surface area (Å²) in [5, 5.41) is 0. The van der Waals surface area contributed by atoms with Gasteiger partial charge in [-0.2, -0.15) is 9.97 Å². The molecule has 3 aromatic heterocycles. The number of phosphoric acid groups is 3. The summed E-state index contributed by atoms with van der Waals surface area (Å²) >= 11 is 0. The Hall–Kier alpha value is -2.92. The molecule has 0 spiro atoms. The molecular formula is C19H27N8O16P3. The third-order valence-electron chi connectivity index (χ3n) is 6.63. The molecule has 7 atom stereocenters. The number of phosphoric ester groups is 3. The first-order valence-corrected chi connectivity index (χ1v) is 17.4. The van der Waals surface area contributed by atoms with Crippen LogP contribution in [-0.4, -0.2) is 91.2 Å². The maximum Gasteiger partial charge on any atom is 0.472 e. The van der Waals surface area contributed by atoms with Crippen molar-refractivity contribution in [2.24, 2.45) is 0 Å². The van der Waals surface area contributed by atoms with Crippen LogP contribution in [-0.2, 0) is 41.3 Å². The van der Waals surface area contributed by atoms with Gasteiger partial charge < -0.3 is 45.4 Å². The Bertz CT molecular complexity index is 1860. The van der Waals surface area contributed by atoms with Gasteiger partial charge in [0, 0.05) is 19.0 Å². The summed E-state index contributed by atoms with van der Waals surface area (Å²) in [5.74, 6) is -0.354. The van der Waals surface area contributed by atoms with Crippen molar-refractivity contribution in [3.8, 4) is 0 Å². The molecule has 2 fully saturated rings. The predicted molar refractivity (Wildman–Crippen MR) is 148 cm³/mol. The van der Waals surface area contributed by atoms with Crippen molar-refractivity contribution in [2.75, 3.05) is 24.7 Å². The molecule has 2 aliphatic heterocycles. The average Bonchev–Trinajstić information content (AvgIpc) is 3.62. The fourth-order valence-corrected chi connectivity index (χ4v) is 6.66. The Morgan fingerprint density at radius 3 is 2.11 bits per heavy atom. The second-order valence-electron chi connectivity index (χ2n) is 9.88. The Morgan fingerprint density at radius 1 is 0.891 bits per heavy atom. The summed E-state index contributed by atoms with van der Waals surface area (Å²) in [6.45, 7) is -1.69. The average molecular weight is 716 g/mol. The van der Waals surface area contributed by atoms with Crippen LogP contribution >= 0.6 is 23.5 Å². The summed E-state index contributed by atoms with van der Waals surface area (Å²) in [4.78, 5) is 85.8. The lowest BCUT2D eigenvalue weighted by Gasteiger charge is -2.23. The molecular weight excluding hydrogens is 689 g/mol. The standard InChI is InChI=1S/C19H27N8O16P3/c20-12-1-2-26(19(29)23-12)13-4-9(10(40-13)5-38-44(30,31)32)43-46(36,37)39-6-11-8(42-45(33,34)35)3-14(41-11)27-7-22-15-16(27)24-18(21)25-17(15)28/h1-2,7-11,13-14H,3-6H2,(H,36,37)(H2,20,23,29)(H2,30,31,32)(H2,33,34,35)(H3,21,24,25,28)/t8-,9-,10-,11-,13-,14-/m1/s1. The fraction of sp³-hybridized carbons (Fsp3) is 0.526. The first kappa shape index (κ1) is 34.4. The van der Waals surface area contributed by atoms with Gasteiger partial charge in [-0.15, -0.1) is 0 Å². The van der Waals surface area contributed by atoms with E-state index in [1.807, 2.05) is 0 Å². The second kappa shape index (κ2) is 12.9. The zero-order valence-electron chi connectivity index (χ0n) is 23.0. The van der Waals surface area contributed by atoms with E-state index in [1.165, 1.54) is 16.8 Å². The van der Waals surface area contributed by atoms with Gasteiger partial charge in [0.15, 0.2) is 11.2 Å². The van der Waals surface area contributed by atoms with Gasteiger partial charge in [0.2, 0.25) is 5.95 Å². The van der Waals surface area contributed by atoms with Crippen molar-refractivity contribution >= 4 is 46.4 Å². The highest BCUT2D eigenvalue weighted by molar-refractivity contribution is 7.47. The maximum absolute atomic E-state index is 13.0. The van der Waals surface area contributed by atoms with Crippen LogP contribution in [0.5, 0.6) is 0 Å². The third-order valence-corrected chi connectivity index (χ3v) is 8.68. The number of anilines is 2. The lowest BCUT2D eigenvalue weighted by molar-refractivity contribution is -0.0554. The number of aromatic amines is 1. The molecule has 0 aliphatic carbocycles. The second-order valence-corrected chi connectivity index (χ2v) is 13.7. The van der Waals surface area contributed by atoms with E-state index in [0.717, 1.165) is 10.9 Å². The van der Waals surface area contributed by atoms with Gasteiger partial charge in [0.05, 0.1) is 19.5 Å². The van der Waals surface area contributed by atoms with Crippen LogP contribution in [0.25, 0.3) is 11.2 Å². The molecule has 0 amide bonds. The van der Waals surface area contributed by atoms with E-state index in [2.05, 4.69) is 24.5 Å². The molecule has 5 rings (SSSR count). The van der Waals surface area contributed by atoms with Crippen molar-refractivity contribution in [3.05, 3.63) is 39.4 Å². The van der Waals surface area contributed by atoms with Crippen LogP contribution in [0.1, 0.15) is 25.3 Å². The van der Waals surface area contributed by atoms with Crippen LogP contribution in [0.3, 0.4) is 0 Å². The number of ether oxygens (including phenoxy) is 2. The lowest BCUT2D eigenvalue weighted by Crippen LogP contribution is -2.30. The first-order valence-electron chi connectivity index (χ1n) is 12.8. The zero-order valence-corrected chi connectivity index (χ0v) is 25.7. The molecule has 10 N–H and O–H groups in total. The van der Waals surface area contributed by atoms with Crippen LogP contribution in [0.15, 0.2) is 28.2 Å². The molecule has 27 heteroatoms. The van der Waals surface area contributed by atoms with Gasteiger partial charge in [-0.25, -0.2) is 23.5 Å². The van der Waals surface area contributed by atoms with Gasteiger partial charge in [-0.05, 0) is 6.07 Å². The fourth-order valence-electron chi connectivity index (χ4n) is 4.78. The summed E-state index contributed by atoms with van der Waals surface area (Å²) in [6, 6.07) is 1.26. The number of H-pyrrole nitrogens is 1. The smallest absolute Gasteiger partial charge is 0.383 e. The van der Waals surface area contributed by atoms with E-state index < -0.39 is 84.8 Å². The molecule has 0 saturated carbocycles. The molecule has 0 bridgehead atoms. The topological polar surface area (TPSA) is 358 Å². The summed E-state index contributed by atoms with van der Waals surface area (Å²) in [5.41, 5.74) is 9.42. The Morgan fingerprint density at radius 2 is 1.50 bits per heavy atom. The molecule has 254 valence electrons. The van der Waals surface area contributed by atoms with Crippen molar-refractivity contribution in [3.63, 3.8) is 0 Å². The monoisotopic (exact) mass is 716 g/mol. The van der Waals surface area contributed by atoms with Gasteiger partial charge in [-0.3, -0.25) is 37.0 Å². The van der Waals surface area contributed by atoms with Gasteiger partial charge in [0.1, 0.15) is 42.7 Å². The van der Waals surface area contributed by atoms with Gasteiger partial charge in [-0.1, -0.05) is 0 Å². The zero-order chi connectivity index (χ0) is 33.6. The number of hydrogen-bond donors (Lipinski definition) is 8. The number of nitrogens with one attached hydrogen (secondary N) is 1. The summed E-state index contributed by atoms with van der Waals surface area (Å²) < 4.78 is 69.1. The van der Waals surface area contributed by atoms with Crippen molar-refractivity contribution in [1.82, 2.24) is 29.1 Å². The normalized spacial score (nSPS) is 26.9. The van der Waals surface area contributed by atoms with Crippen molar-refractivity contribution in [1.29, 1.82) is 0 Å². The van der Waals surface area contributed by atoms with Crippen molar-refractivity contribution < 1.29 is 65.7 Å². The highest BCUT2D eigenvalue weighted by Gasteiger charge is 2.45. The summed E-state index contributed by atoms with van der Waals surface area (Å²) in [6.07, 6.45) is -6.27. The van der Waals surface area contributed by atoms with Crippen LogP contribution in [0.4, 0.5) is 11.8 Å². The first-order chi connectivity index (χ1) is 21.4. The maximum atomic E-state index is 13.0. The number of nitrogens with two attached hydrogens (primary N) is 2. The molecule has 2 aliphatic rings. The lowest BCUT2D eigenvalue weighted by atomic mass is 10.2. The van der Waals surface area contributed by atoms with E-state index in [-0.39, 0.29) is 35.8 Å². The van der Waals surface area contributed by atoms with Gasteiger partial charge in [0.25, 0.3) is 5.56 Å². The Kier molecular flexibility index (Phi) is 9.68. The van der Waals surface area contributed by atoms with E-state index in [1.54, 1.807) is 0 Å². The quantitative estimate of drug-likeness (QED) is 0.0959. The minimum atomic E-state index is -5.13. The number of fused-ring (bicyclic) bond motifs is 1. The van der Waals surface area contributed by atoms with Crippen LogP contribution < -0.4 is 22.7 Å². The molecule has 24 nitrogen and oxygen atoms in total. The van der Waals surface area contributed by atoms with E-state index in [9.17, 15) is 38.0 Å². The number of nitrogen functional groups attached to an aromatic ring is 2. The molecule has 0 aromatic carbocycles. The molecule has 5 heterocycles. The van der Waals surface area contributed by atoms with Crippen LogP contribution in [0.2, 0.25) is 0 Å². The number of aromatic nitrogens is 6. The Balaban J connectivity index is 1.31. The predicted octanol–water partition coefficient (Wildman–Crippen LogP) is -1.79. The van der Waals surface area contributed by atoms with Crippen LogP contribution in [0, 0.1) is 0 Å². The third kappa shape index (κ3) is 8.32. The van der Waals surface area contributed by atoms with E-state index >= 15 is 0 Å². The molecule has 46 heavy (non-hydrogen) atoms. The highest BCUT2D eigenvalue weighted by Crippen LogP contribution is 2.50. The largest absolute Gasteiger partial charge is 0.472 e. The Labute approximate surface area is 255 Å². The minimum absolute atomic E-state index is 0.0336. The van der Waals surface area contributed by atoms with Gasteiger partial charge >= 0.3 is 29.2 Å². The van der Waals surface area contributed by atoms with E-state index in [4.69, 9.17) is 44.3 Å². The molecule has 3 aromatic rings. The number of imidazole rings is 1. The summed E-state index contributed by atoms with van der Waals surface area (Å²) in [7, 11) is -15.3. The molecule has 2 saturated heterocycles. The molecule has 1 unspecified atom stereocenters. The number of hydrogen-bond acceptors (Lipinski definition) is 16. The molecule has 0 radical (unpaired) electrons. The minimum Gasteiger partial charge on any atom is -0.383 e.